The molecule has 10 heteroatoms. The van der Waals surface area contributed by atoms with E-state index >= 15 is 0 Å². The lowest BCUT2D eigenvalue weighted by Crippen LogP contribution is -2.24. The van der Waals surface area contributed by atoms with Crippen LogP contribution in [-0.2, 0) is 11.3 Å². The zero-order valence-corrected chi connectivity index (χ0v) is 20.3. The summed E-state index contributed by atoms with van der Waals surface area (Å²) in [6.07, 6.45) is -0.442. The Morgan fingerprint density at radius 1 is 1.15 bits per heavy atom. The van der Waals surface area contributed by atoms with E-state index in [1.54, 1.807) is 19.1 Å². The minimum absolute atomic E-state index is 0.0834. The molecule has 6 nitrogen and oxygen atoms in total. The first-order valence-corrected chi connectivity index (χ1v) is 11.7. The molecular formula is C23H25ClF2N4O2S. The van der Waals surface area contributed by atoms with Crippen LogP contribution in [0.25, 0.3) is 0 Å². The molecule has 1 amide bonds. The van der Waals surface area contributed by atoms with Crippen molar-refractivity contribution in [2.75, 3.05) is 5.32 Å². The summed E-state index contributed by atoms with van der Waals surface area (Å²) in [6, 6.07) is 10.2. The molecule has 1 heterocycles. The molecule has 0 aliphatic carbocycles. The van der Waals surface area contributed by atoms with Crippen molar-refractivity contribution in [3.05, 3.63) is 64.9 Å². The molecule has 0 aliphatic heterocycles. The summed E-state index contributed by atoms with van der Waals surface area (Å²) in [7, 11) is 0. The van der Waals surface area contributed by atoms with Gasteiger partial charge in [-0.2, -0.15) is 0 Å². The maximum atomic E-state index is 13.9. The quantitative estimate of drug-likeness (QED) is 0.363. The fourth-order valence-electron chi connectivity index (χ4n) is 3.04. The van der Waals surface area contributed by atoms with Crippen LogP contribution >= 0.6 is 23.4 Å². The summed E-state index contributed by atoms with van der Waals surface area (Å²) < 4.78 is 34.9. The highest BCUT2D eigenvalue weighted by Gasteiger charge is 2.24. The molecule has 0 radical (unpaired) electrons. The van der Waals surface area contributed by atoms with E-state index in [0.29, 0.717) is 28.3 Å². The lowest BCUT2D eigenvalue weighted by Gasteiger charge is -2.19. The van der Waals surface area contributed by atoms with Crippen molar-refractivity contribution in [1.29, 1.82) is 0 Å². The van der Waals surface area contributed by atoms with E-state index in [4.69, 9.17) is 16.3 Å². The molecule has 2 atom stereocenters. The summed E-state index contributed by atoms with van der Waals surface area (Å²) in [5.74, 6) is -0.570. The van der Waals surface area contributed by atoms with Crippen LogP contribution in [0.4, 0.5) is 14.5 Å². The molecule has 0 saturated heterocycles. The first-order chi connectivity index (χ1) is 15.7. The Morgan fingerprint density at radius 3 is 2.55 bits per heavy atom. The van der Waals surface area contributed by atoms with E-state index in [1.165, 1.54) is 17.8 Å². The largest absolute Gasteiger partial charge is 0.481 e. The lowest BCUT2D eigenvalue weighted by atomic mass is 10.2. The van der Waals surface area contributed by atoms with Gasteiger partial charge in [0.2, 0.25) is 5.91 Å². The normalized spacial score (nSPS) is 13.1. The number of rotatable bonds is 9. The highest BCUT2D eigenvalue weighted by atomic mass is 35.5. The molecular weight excluding hydrogens is 470 g/mol. The number of hydrogen-bond acceptors (Lipinski definition) is 5. The molecule has 3 rings (SSSR count). The average molecular weight is 495 g/mol. The number of carbonyl (C=O) groups excluding carboxylic acids is 1. The van der Waals surface area contributed by atoms with Gasteiger partial charge in [-0.15, -0.1) is 10.2 Å². The second-order valence-electron chi connectivity index (χ2n) is 7.91. The summed E-state index contributed by atoms with van der Waals surface area (Å²) in [4.78, 5) is 12.6. The van der Waals surface area contributed by atoms with Gasteiger partial charge in [0.05, 0.1) is 16.0 Å². The van der Waals surface area contributed by atoms with Crippen LogP contribution in [-0.4, -0.2) is 25.9 Å². The number of aromatic nitrogens is 3. The summed E-state index contributed by atoms with van der Waals surface area (Å²) >= 11 is 7.41. The van der Waals surface area contributed by atoms with Gasteiger partial charge >= 0.3 is 0 Å². The van der Waals surface area contributed by atoms with Crippen LogP contribution in [0.3, 0.4) is 0 Å². The first kappa shape index (κ1) is 25.0. The monoisotopic (exact) mass is 494 g/mol. The van der Waals surface area contributed by atoms with Gasteiger partial charge in [-0.05, 0) is 44.0 Å². The molecule has 0 saturated carbocycles. The van der Waals surface area contributed by atoms with Crippen LogP contribution < -0.4 is 10.1 Å². The fourth-order valence-corrected chi connectivity index (χ4v) is 4.09. The Kier molecular flexibility index (Phi) is 8.31. The highest BCUT2D eigenvalue weighted by Crippen LogP contribution is 2.31. The van der Waals surface area contributed by atoms with E-state index in [1.807, 2.05) is 23.6 Å². The molecule has 1 aromatic heterocycles. The number of nitrogens with zero attached hydrogens (tertiary/aromatic N) is 3. The maximum absolute atomic E-state index is 13.9. The number of ether oxygens (including phenoxy) is 1. The Labute approximate surface area is 200 Å². The summed E-state index contributed by atoms with van der Waals surface area (Å²) in [5, 5.41) is 11.5. The van der Waals surface area contributed by atoms with Crippen molar-refractivity contribution in [3.8, 4) is 5.75 Å². The van der Waals surface area contributed by atoms with Gasteiger partial charge in [0.15, 0.2) is 17.1 Å². The number of benzene rings is 2. The van der Waals surface area contributed by atoms with Gasteiger partial charge in [-0.1, -0.05) is 49.3 Å². The predicted octanol–water partition coefficient (Wildman–Crippen LogP) is 6.13. The lowest BCUT2D eigenvalue weighted by molar-refractivity contribution is -0.115. The number of para-hydroxylation sites is 1. The van der Waals surface area contributed by atoms with Crippen molar-refractivity contribution in [1.82, 2.24) is 14.8 Å². The van der Waals surface area contributed by atoms with Crippen LogP contribution in [0.5, 0.6) is 5.75 Å². The molecule has 3 aromatic rings. The Hall–Kier alpha value is -2.65. The summed E-state index contributed by atoms with van der Waals surface area (Å²) in [5.41, 5.74) is -0.0834. The van der Waals surface area contributed by atoms with E-state index < -0.39 is 28.9 Å². The third kappa shape index (κ3) is 6.45. The molecule has 0 spiro atoms. The first-order valence-electron chi connectivity index (χ1n) is 10.4. The summed E-state index contributed by atoms with van der Waals surface area (Å²) in [6.45, 7) is 8.27. The molecule has 33 heavy (non-hydrogen) atoms. The molecule has 0 aliphatic rings. The SMILES string of the molecule is CC(C)Cn1c(SC(C)C(=O)Nc2ccc(F)cc2F)nnc1C(C)Oc1ccccc1Cl. The number of amides is 1. The van der Waals surface area contributed by atoms with Crippen LogP contribution in [0.15, 0.2) is 47.6 Å². The zero-order chi connectivity index (χ0) is 24.1. The van der Waals surface area contributed by atoms with E-state index in [0.717, 1.165) is 12.1 Å². The highest BCUT2D eigenvalue weighted by molar-refractivity contribution is 8.00. The third-order valence-corrected chi connectivity index (χ3v) is 6.03. The second-order valence-corrected chi connectivity index (χ2v) is 9.62. The Morgan fingerprint density at radius 2 is 1.88 bits per heavy atom. The maximum Gasteiger partial charge on any atom is 0.237 e. The third-order valence-electron chi connectivity index (χ3n) is 4.64. The molecule has 1 N–H and O–H groups in total. The number of nitrogens with one attached hydrogen (secondary N) is 1. The molecule has 2 aromatic carbocycles. The fraction of sp³-hybridized carbons (Fsp3) is 0.348. The number of anilines is 1. The van der Waals surface area contributed by atoms with Gasteiger partial charge in [-0.3, -0.25) is 4.79 Å². The Bertz CT molecular complexity index is 1130. The molecule has 0 bridgehead atoms. The number of halogens is 3. The van der Waals surface area contributed by atoms with Gasteiger partial charge in [0.25, 0.3) is 0 Å². The topological polar surface area (TPSA) is 69.0 Å². The molecule has 176 valence electrons. The number of thioether (sulfide) groups is 1. The van der Waals surface area contributed by atoms with E-state index in [2.05, 4.69) is 29.4 Å². The van der Waals surface area contributed by atoms with Gasteiger partial charge in [-0.25, -0.2) is 8.78 Å². The van der Waals surface area contributed by atoms with Gasteiger partial charge in [0.1, 0.15) is 17.4 Å². The van der Waals surface area contributed by atoms with Gasteiger partial charge in [0, 0.05) is 12.6 Å². The number of hydrogen-bond donors (Lipinski definition) is 1. The minimum Gasteiger partial charge on any atom is -0.481 e. The zero-order valence-electron chi connectivity index (χ0n) is 18.7. The standard InChI is InChI=1S/C23H25ClF2N4O2S/c1-13(2)12-30-21(14(3)32-20-8-6-5-7-17(20)24)28-29-23(30)33-15(4)22(31)27-19-10-9-16(25)11-18(19)26/h5-11,13-15H,12H2,1-4H3,(H,27,31). The molecule has 2 unspecified atom stereocenters. The van der Waals surface area contributed by atoms with Crippen LogP contribution in [0.2, 0.25) is 5.02 Å². The average Bonchev–Trinajstić information content (AvgIpc) is 3.13. The number of carbonyl (C=O) groups is 1. The van der Waals surface area contributed by atoms with Crippen molar-refractivity contribution in [2.24, 2.45) is 5.92 Å². The smallest absolute Gasteiger partial charge is 0.237 e. The van der Waals surface area contributed by atoms with E-state index in [-0.39, 0.29) is 11.6 Å². The van der Waals surface area contributed by atoms with Crippen LogP contribution in [0, 0.1) is 17.6 Å². The van der Waals surface area contributed by atoms with Crippen molar-refractivity contribution in [2.45, 2.75) is 50.8 Å². The van der Waals surface area contributed by atoms with Crippen molar-refractivity contribution >= 4 is 35.0 Å². The molecule has 0 fully saturated rings. The van der Waals surface area contributed by atoms with Crippen molar-refractivity contribution in [3.63, 3.8) is 0 Å². The van der Waals surface area contributed by atoms with Crippen molar-refractivity contribution < 1.29 is 18.3 Å². The van der Waals surface area contributed by atoms with Crippen LogP contribution in [0.1, 0.15) is 39.6 Å². The Balaban J connectivity index is 1.77. The van der Waals surface area contributed by atoms with E-state index in [9.17, 15) is 13.6 Å². The second kappa shape index (κ2) is 11.0. The predicted molar refractivity (Wildman–Crippen MR) is 126 cm³/mol. The van der Waals surface area contributed by atoms with Gasteiger partial charge < -0.3 is 14.6 Å². The minimum atomic E-state index is -0.837.